The number of hydrogen-bond acceptors (Lipinski definition) is 6. The lowest BCUT2D eigenvalue weighted by molar-refractivity contribution is -0.115. The molecule has 1 fully saturated rings. The number of hydrogen-bond donors (Lipinski definition) is 2. The van der Waals surface area contributed by atoms with Crippen molar-refractivity contribution in [1.29, 1.82) is 0 Å². The van der Waals surface area contributed by atoms with Crippen LogP contribution in [-0.4, -0.2) is 42.7 Å². The molecule has 0 spiro atoms. The van der Waals surface area contributed by atoms with E-state index < -0.39 is 27.6 Å². The van der Waals surface area contributed by atoms with Gasteiger partial charge in [0.25, 0.3) is 0 Å². The Labute approximate surface area is 202 Å². The van der Waals surface area contributed by atoms with Gasteiger partial charge in [-0.05, 0) is 55.2 Å². The number of rotatable bonds is 8. The zero-order chi connectivity index (χ0) is 25.3. The third-order valence-electron chi connectivity index (χ3n) is 5.64. The predicted octanol–water partition coefficient (Wildman–Crippen LogP) is 4.12. The molecule has 0 unspecified atom stereocenters. The van der Waals surface area contributed by atoms with Crippen molar-refractivity contribution >= 4 is 33.3 Å². The summed E-state index contributed by atoms with van der Waals surface area (Å²) in [4.78, 5) is 21.3. The number of aryl methyl sites for hydroxylation is 1. The highest BCUT2D eigenvalue weighted by Crippen LogP contribution is 2.43. The SMILES string of the molecule is Cc1ccc(S(=O)(=O)N(C)C)cc1Nc1cnc(NC(=O)Cc2ccc(F)c(F)c2)nc1C1CC1. The number of carbonyl (C=O) groups is 1. The third-order valence-corrected chi connectivity index (χ3v) is 7.45. The van der Waals surface area contributed by atoms with Crippen LogP contribution in [0.2, 0.25) is 0 Å². The summed E-state index contributed by atoms with van der Waals surface area (Å²) in [6, 6.07) is 8.14. The Balaban J connectivity index is 1.55. The second-order valence-electron chi connectivity index (χ2n) is 8.63. The maximum atomic E-state index is 13.4. The molecule has 2 N–H and O–H groups in total. The average Bonchev–Trinajstić information content (AvgIpc) is 3.64. The average molecular weight is 502 g/mol. The first-order valence-corrected chi connectivity index (χ1v) is 12.4. The van der Waals surface area contributed by atoms with Crippen LogP contribution in [0.1, 0.15) is 35.6 Å². The lowest BCUT2D eigenvalue weighted by Gasteiger charge is -2.16. The van der Waals surface area contributed by atoms with E-state index in [1.165, 1.54) is 20.2 Å². The fourth-order valence-corrected chi connectivity index (χ4v) is 4.40. The topological polar surface area (TPSA) is 104 Å². The normalized spacial score (nSPS) is 13.7. The third kappa shape index (κ3) is 5.63. The van der Waals surface area contributed by atoms with Crippen LogP contribution in [0.25, 0.3) is 0 Å². The maximum Gasteiger partial charge on any atom is 0.242 e. The Kier molecular flexibility index (Phi) is 6.82. The summed E-state index contributed by atoms with van der Waals surface area (Å²) >= 11 is 0. The number of nitrogens with zero attached hydrogens (tertiary/aromatic N) is 3. The molecule has 0 saturated heterocycles. The van der Waals surface area contributed by atoms with Crippen molar-refractivity contribution in [3.8, 4) is 0 Å². The molecule has 8 nitrogen and oxygen atoms in total. The van der Waals surface area contributed by atoms with Crippen molar-refractivity contribution in [3.63, 3.8) is 0 Å². The quantitative estimate of drug-likeness (QED) is 0.481. The molecular formula is C24H25F2N5O3S. The van der Waals surface area contributed by atoms with E-state index in [1.54, 1.807) is 24.4 Å². The second-order valence-corrected chi connectivity index (χ2v) is 10.8. The Morgan fingerprint density at radius 2 is 1.83 bits per heavy atom. The molecule has 11 heteroatoms. The van der Waals surface area contributed by atoms with Crippen LogP contribution in [0, 0.1) is 18.6 Å². The van der Waals surface area contributed by atoms with Gasteiger partial charge in [-0.25, -0.2) is 31.5 Å². The van der Waals surface area contributed by atoms with Crippen molar-refractivity contribution in [3.05, 3.63) is 71.1 Å². The molecule has 1 saturated carbocycles. The van der Waals surface area contributed by atoms with Gasteiger partial charge >= 0.3 is 0 Å². The Hall–Kier alpha value is -3.44. The van der Waals surface area contributed by atoms with E-state index in [9.17, 15) is 22.0 Å². The molecule has 0 radical (unpaired) electrons. The van der Waals surface area contributed by atoms with Gasteiger partial charge in [-0.2, -0.15) is 0 Å². The standard InChI is InChI=1S/C24H25F2N5O3S/c1-14-4-8-17(35(33,34)31(2)3)12-20(14)28-21-13-27-24(30-23(21)16-6-7-16)29-22(32)11-15-5-9-18(25)19(26)10-15/h4-5,8-10,12-13,16,28H,6-7,11H2,1-3H3,(H,27,29,30,32). The summed E-state index contributed by atoms with van der Waals surface area (Å²) in [7, 11) is -0.657. The van der Waals surface area contributed by atoms with Gasteiger partial charge in [-0.15, -0.1) is 0 Å². The summed E-state index contributed by atoms with van der Waals surface area (Å²) < 4.78 is 52.8. The summed E-state index contributed by atoms with van der Waals surface area (Å²) in [6.07, 6.45) is 3.25. The van der Waals surface area contributed by atoms with Gasteiger partial charge in [0, 0.05) is 25.7 Å². The molecule has 1 aliphatic rings. The molecule has 35 heavy (non-hydrogen) atoms. The fraction of sp³-hybridized carbons (Fsp3) is 0.292. The van der Waals surface area contributed by atoms with Gasteiger partial charge in [-0.1, -0.05) is 12.1 Å². The zero-order valence-electron chi connectivity index (χ0n) is 19.5. The molecule has 4 rings (SSSR count). The molecule has 184 valence electrons. The van der Waals surface area contributed by atoms with E-state index in [0.717, 1.165) is 34.8 Å². The lowest BCUT2D eigenvalue weighted by Crippen LogP contribution is -2.22. The van der Waals surface area contributed by atoms with Gasteiger partial charge in [-0.3, -0.25) is 10.1 Å². The number of nitrogens with one attached hydrogen (secondary N) is 2. The summed E-state index contributed by atoms with van der Waals surface area (Å²) in [6.45, 7) is 1.86. The first kappa shape index (κ1) is 24.7. The zero-order valence-corrected chi connectivity index (χ0v) is 20.3. The van der Waals surface area contributed by atoms with E-state index in [1.807, 2.05) is 6.92 Å². The van der Waals surface area contributed by atoms with E-state index in [4.69, 9.17) is 0 Å². The van der Waals surface area contributed by atoms with Crippen molar-refractivity contribution in [2.24, 2.45) is 0 Å². The van der Waals surface area contributed by atoms with E-state index in [2.05, 4.69) is 20.6 Å². The predicted molar refractivity (Wildman–Crippen MR) is 128 cm³/mol. The number of anilines is 3. The van der Waals surface area contributed by atoms with E-state index >= 15 is 0 Å². The lowest BCUT2D eigenvalue weighted by atomic mass is 10.1. The van der Waals surface area contributed by atoms with Gasteiger partial charge in [0.05, 0.1) is 28.9 Å². The van der Waals surface area contributed by atoms with Crippen molar-refractivity contribution in [1.82, 2.24) is 14.3 Å². The highest BCUT2D eigenvalue weighted by molar-refractivity contribution is 7.89. The summed E-state index contributed by atoms with van der Waals surface area (Å²) in [5.74, 6) is -2.16. The molecule has 1 aliphatic carbocycles. The molecule has 1 aromatic heterocycles. The van der Waals surface area contributed by atoms with Gasteiger partial charge in [0.1, 0.15) is 0 Å². The van der Waals surface area contributed by atoms with Crippen molar-refractivity contribution in [2.75, 3.05) is 24.7 Å². The van der Waals surface area contributed by atoms with Gasteiger partial charge in [0.15, 0.2) is 11.6 Å². The van der Waals surface area contributed by atoms with Crippen molar-refractivity contribution < 1.29 is 22.0 Å². The van der Waals surface area contributed by atoms with Crippen LogP contribution in [0.4, 0.5) is 26.1 Å². The molecule has 1 heterocycles. The van der Waals surface area contributed by atoms with Crippen LogP contribution in [-0.2, 0) is 21.2 Å². The molecule has 3 aromatic rings. The summed E-state index contributed by atoms with van der Waals surface area (Å²) in [5.41, 5.74) is 3.10. The number of benzene rings is 2. The molecule has 0 bridgehead atoms. The smallest absolute Gasteiger partial charge is 0.242 e. The van der Waals surface area contributed by atoms with Crippen LogP contribution in [0.15, 0.2) is 47.5 Å². The number of sulfonamides is 1. The molecule has 1 amide bonds. The monoisotopic (exact) mass is 501 g/mol. The van der Waals surface area contributed by atoms with E-state index in [0.29, 0.717) is 22.6 Å². The summed E-state index contributed by atoms with van der Waals surface area (Å²) in [5, 5.41) is 5.85. The Morgan fingerprint density at radius 1 is 1.09 bits per heavy atom. The molecule has 0 aliphatic heterocycles. The molecular weight excluding hydrogens is 476 g/mol. The van der Waals surface area contributed by atoms with Crippen LogP contribution in [0.3, 0.4) is 0 Å². The van der Waals surface area contributed by atoms with Crippen molar-refractivity contribution in [2.45, 2.75) is 37.0 Å². The van der Waals surface area contributed by atoms with Gasteiger partial charge < -0.3 is 5.32 Å². The Bertz CT molecular complexity index is 1390. The minimum absolute atomic E-state index is 0.102. The molecule has 2 aromatic carbocycles. The first-order chi connectivity index (χ1) is 16.5. The highest BCUT2D eigenvalue weighted by atomic mass is 32.2. The van der Waals surface area contributed by atoms with Crippen LogP contribution < -0.4 is 10.6 Å². The minimum atomic E-state index is -3.60. The van der Waals surface area contributed by atoms with Crippen LogP contribution >= 0.6 is 0 Å². The van der Waals surface area contributed by atoms with Crippen LogP contribution in [0.5, 0.6) is 0 Å². The number of halogens is 2. The number of aromatic nitrogens is 2. The number of amides is 1. The second kappa shape index (κ2) is 9.67. The maximum absolute atomic E-state index is 13.4. The largest absolute Gasteiger partial charge is 0.353 e. The Morgan fingerprint density at radius 3 is 2.49 bits per heavy atom. The molecule has 0 atom stereocenters. The first-order valence-electron chi connectivity index (χ1n) is 11.0. The van der Waals surface area contributed by atoms with Gasteiger partial charge in [0.2, 0.25) is 21.9 Å². The fourth-order valence-electron chi connectivity index (χ4n) is 3.48. The minimum Gasteiger partial charge on any atom is -0.353 e. The highest BCUT2D eigenvalue weighted by Gasteiger charge is 2.29. The van der Waals surface area contributed by atoms with E-state index in [-0.39, 0.29) is 23.2 Å². The number of carbonyl (C=O) groups excluding carboxylic acids is 1.